The van der Waals surface area contributed by atoms with Crippen LogP contribution in [-0.4, -0.2) is 58.1 Å². The van der Waals surface area contributed by atoms with E-state index in [0.717, 1.165) is 18.6 Å². The van der Waals surface area contributed by atoms with Crippen molar-refractivity contribution in [3.63, 3.8) is 0 Å². The third-order valence-corrected chi connectivity index (χ3v) is 2.18. The fourth-order valence-electron chi connectivity index (χ4n) is 0.768. The van der Waals surface area contributed by atoms with Crippen LogP contribution in [0.5, 0.6) is 0 Å². The van der Waals surface area contributed by atoms with Gasteiger partial charge in [-0.05, 0) is 6.42 Å². The van der Waals surface area contributed by atoms with Gasteiger partial charge < -0.3 is 9.47 Å². The van der Waals surface area contributed by atoms with Gasteiger partial charge in [-0.3, -0.25) is 0 Å². The summed E-state index contributed by atoms with van der Waals surface area (Å²) in [5.41, 5.74) is 0. The van der Waals surface area contributed by atoms with Crippen LogP contribution in [0.3, 0.4) is 0 Å². The Morgan fingerprint density at radius 2 is 1.72 bits per heavy atom. The van der Waals surface area contributed by atoms with Gasteiger partial charge in [0.2, 0.25) is 0 Å². The first-order valence-corrected chi connectivity index (χ1v) is 6.24. The topological polar surface area (TPSA) is 52.6 Å². The molecule has 0 rings (SSSR count). The molecular formula is C12H18INaO4. The van der Waals surface area contributed by atoms with Crippen molar-refractivity contribution < 1.29 is 19.1 Å². The van der Waals surface area contributed by atoms with Crippen LogP contribution in [0.2, 0.25) is 0 Å². The zero-order valence-electron chi connectivity index (χ0n) is 10.1. The van der Waals surface area contributed by atoms with Crippen molar-refractivity contribution in [2.75, 3.05) is 13.2 Å². The standard InChI is InChI=1S/C12H17IO4.Na.H/c1-4-8-16-10(14)5-6-11(15)17-9-7-12(2,3)13;;/h4-6H,1,7-9H2,2-3H3;;/b6-5-;;. The number of alkyl halides is 1. The predicted molar refractivity (Wildman–Crippen MR) is 81.1 cm³/mol. The minimum absolute atomic E-state index is 0. The van der Waals surface area contributed by atoms with Gasteiger partial charge in [0.15, 0.2) is 0 Å². The first-order chi connectivity index (χ1) is 7.85. The Hall–Kier alpha value is 0.150. The number of hydrogen-bond acceptors (Lipinski definition) is 4. The zero-order chi connectivity index (χ0) is 13.3. The normalized spacial score (nSPS) is 10.6. The molecule has 0 amide bonds. The molecule has 0 saturated heterocycles. The summed E-state index contributed by atoms with van der Waals surface area (Å²) in [5, 5.41) is 0. The number of esters is 2. The van der Waals surface area contributed by atoms with E-state index < -0.39 is 11.9 Å². The molecule has 6 heteroatoms. The van der Waals surface area contributed by atoms with Crippen LogP contribution in [0.1, 0.15) is 20.3 Å². The van der Waals surface area contributed by atoms with E-state index in [1.807, 2.05) is 13.8 Å². The van der Waals surface area contributed by atoms with Gasteiger partial charge in [-0.2, -0.15) is 0 Å². The van der Waals surface area contributed by atoms with E-state index in [-0.39, 0.29) is 39.6 Å². The summed E-state index contributed by atoms with van der Waals surface area (Å²) in [7, 11) is 0. The molecule has 0 spiro atoms. The van der Waals surface area contributed by atoms with Crippen molar-refractivity contribution in [1.82, 2.24) is 0 Å². The molecule has 0 atom stereocenters. The number of halogens is 1. The number of rotatable bonds is 7. The van der Waals surface area contributed by atoms with Gasteiger partial charge >= 0.3 is 41.5 Å². The average molecular weight is 376 g/mol. The van der Waals surface area contributed by atoms with E-state index >= 15 is 0 Å². The van der Waals surface area contributed by atoms with Gasteiger partial charge in [-0.25, -0.2) is 9.59 Å². The van der Waals surface area contributed by atoms with Crippen molar-refractivity contribution in [3.8, 4) is 0 Å². The van der Waals surface area contributed by atoms with Gasteiger partial charge in [0, 0.05) is 15.6 Å². The molecule has 0 aliphatic heterocycles. The maximum absolute atomic E-state index is 11.2. The molecular weight excluding hydrogens is 358 g/mol. The minimum atomic E-state index is -0.587. The van der Waals surface area contributed by atoms with Gasteiger partial charge in [0.1, 0.15) is 6.61 Å². The molecule has 4 nitrogen and oxygen atoms in total. The Kier molecular flexibility index (Phi) is 12.5. The van der Waals surface area contributed by atoms with Crippen molar-refractivity contribution >= 4 is 64.1 Å². The Morgan fingerprint density at radius 3 is 2.17 bits per heavy atom. The van der Waals surface area contributed by atoms with Crippen LogP contribution in [0.4, 0.5) is 0 Å². The monoisotopic (exact) mass is 376 g/mol. The maximum atomic E-state index is 11.2. The summed E-state index contributed by atoms with van der Waals surface area (Å²) in [6.45, 7) is 7.95. The number of ether oxygens (including phenoxy) is 2. The Morgan fingerprint density at radius 1 is 1.22 bits per heavy atom. The molecule has 0 aromatic carbocycles. The van der Waals surface area contributed by atoms with Crippen LogP contribution in [-0.2, 0) is 19.1 Å². The van der Waals surface area contributed by atoms with E-state index in [2.05, 4.69) is 33.9 Å². The molecule has 18 heavy (non-hydrogen) atoms. The summed E-state index contributed by atoms with van der Waals surface area (Å²) >= 11 is 2.28. The Balaban J connectivity index is 0. The van der Waals surface area contributed by atoms with E-state index in [1.54, 1.807) is 0 Å². The molecule has 0 fully saturated rings. The van der Waals surface area contributed by atoms with Gasteiger partial charge in [-0.15, -0.1) is 0 Å². The molecule has 0 aliphatic rings. The molecule has 0 unspecified atom stereocenters. The van der Waals surface area contributed by atoms with Gasteiger partial charge in [0.05, 0.1) is 6.61 Å². The van der Waals surface area contributed by atoms with Gasteiger partial charge in [0.25, 0.3) is 0 Å². The number of carbonyl (C=O) groups is 2. The number of carbonyl (C=O) groups excluding carboxylic acids is 2. The third kappa shape index (κ3) is 14.2. The second-order valence-corrected chi connectivity index (χ2v) is 6.81. The summed E-state index contributed by atoms with van der Waals surface area (Å²) in [4.78, 5) is 22.1. The van der Waals surface area contributed by atoms with E-state index in [1.165, 1.54) is 6.08 Å². The van der Waals surface area contributed by atoms with Crippen LogP contribution >= 0.6 is 22.6 Å². The van der Waals surface area contributed by atoms with Crippen molar-refractivity contribution in [2.45, 2.75) is 23.7 Å². The molecule has 0 heterocycles. The quantitative estimate of drug-likeness (QED) is 0.170. The molecule has 0 N–H and O–H groups in total. The van der Waals surface area contributed by atoms with Crippen molar-refractivity contribution in [2.24, 2.45) is 0 Å². The first-order valence-electron chi connectivity index (χ1n) is 5.16. The van der Waals surface area contributed by atoms with E-state index in [4.69, 9.17) is 4.74 Å². The second-order valence-electron chi connectivity index (χ2n) is 3.89. The summed E-state index contributed by atoms with van der Waals surface area (Å²) < 4.78 is 9.65. The van der Waals surface area contributed by atoms with Gasteiger partial charge in [-0.1, -0.05) is 49.1 Å². The number of hydrogen-bond donors (Lipinski definition) is 0. The Labute approximate surface area is 144 Å². The second kappa shape index (κ2) is 11.0. The predicted octanol–water partition coefficient (Wildman–Crippen LogP) is 1.77. The Bertz CT molecular complexity index is 308. The third-order valence-electron chi connectivity index (χ3n) is 1.64. The molecule has 98 valence electrons. The van der Waals surface area contributed by atoms with Crippen LogP contribution in [0.15, 0.2) is 24.8 Å². The van der Waals surface area contributed by atoms with Crippen LogP contribution in [0.25, 0.3) is 0 Å². The summed E-state index contributed by atoms with van der Waals surface area (Å²) in [6.07, 6.45) is 4.31. The molecule has 0 aliphatic carbocycles. The average Bonchev–Trinajstić information content (AvgIpc) is 2.21. The fourth-order valence-corrected chi connectivity index (χ4v) is 0.988. The van der Waals surface area contributed by atoms with Crippen molar-refractivity contribution in [1.29, 1.82) is 0 Å². The van der Waals surface area contributed by atoms with Crippen molar-refractivity contribution in [3.05, 3.63) is 24.8 Å². The summed E-state index contributed by atoms with van der Waals surface area (Å²) in [6, 6.07) is 0. The molecule has 0 bridgehead atoms. The van der Waals surface area contributed by atoms with E-state index in [0.29, 0.717) is 6.61 Å². The molecule has 0 aromatic rings. The first kappa shape index (κ1) is 20.5. The molecule has 0 aromatic heterocycles. The zero-order valence-corrected chi connectivity index (χ0v) is 12.2. The molecule has 0 saturated carbocycles. The SMILES string of the molecule is C=CCOC(=O)/C=C\C(=O)OCCC(C)(C)I.[NaH]. The summed E-state index contributed by atoms with van der Waals surface area (Å²) in [5.74, 6) is -1.13. The molecule has 0 radical (unpaired) electrons. The van der Waals surface area contributed by atoms with Crippen LogP contribution in [0, 0.1) is 0 Å². The fraction of sp³-hybridized carbons (Fsp3) is 0.500. The van der Waals surface area contributed by atoms with E-state index in [9.17, 15) is 9.59 Å². The van der Waals surface area contributed by atoms with Crippen LogP contribution < -0.4 is 0 Å².